The Kier molecular flexibility index (Phi) is 11.0. The van der Waals surface area contributed by atoms with Crippen molar-refractivity contribution in [2.45, 2.75) is 71.1 Å². The third-order valence-corrected chi connectivity index (χ3v) is 7.44. The molecule has 0 saturated carbocycles. The van der Waals surface area contributed by atoms with Crippen LogP contribution in [0.2, 0.25) is 0 Å². The zero-order valence-electron chi connectivity index (χ0n) is 24.0. The second-order valence-electron chi connectivity index (χ2n) is 10.9. The van der Waals surface area contributed by atoms with E-state index >= 15 is 0 Å². The van der Waals surface area contributed by atoms with E-state index < -0.39 is 47.9 Å². The number of benzene rings is 2. The van der Waals surface area contributed by atoms with Gasteiger partial charge in [0.15, 0.2) is 0 Å². The first-order valence-electron chi connectivity index (χ1n) is 14.0. The van der Waals surface area contributed by atoms with E-state index in [1.165, 1.54) is 0 Å². The molecule has 0 aliphatic carbocycles. The van der Waals surface area contributed by atoms with Crippen LogP contribution in [0.1, 0.15) is 45.2 Å². The van der Waals surface area contributed by atoms with Crippen molar-refractivity contribution in [3.8, 4) is 0 Å². The summed E-state index contributed by atoms with van der Waals surface area (Å²) in [6.45, 7) is 7.30. The van der Waals surface area contributed by atoms with Gasteiger partial charge in [0.1, 0.15) is 18.1 Å². The number of carboxylic acid groups (broad SMARTS) is 1. The fourth-order valence-corrected chi connectivity index (χ4v) is 4.61. The second-order valence-corrected chi connectivity index (χ2v) is 10.9. The molecular weight excluding hydrogens is 522 g/mol. The van der Waals surface area contributed by atoms with Crippen LogP contribution >= 0.6 is 0 Å². The molecule has 220 valence electrons. The minimum absolute atomic E-state index is 0.0596. The predicted octanol–water partition coefficient (Wildman–Crippen LogP) is 2.52. The number of rotatable bonds is 14. The van der Waals surface area contributed by atoms with Crippen LogP contribution in [0.25, 0.3) is 10.9 Å². The molecule has 2 aromatic carbocycles. The van der Waals surface area contributed by atoms with Gasteiger partial charge >= 0.3 is 5.97 Å². The Hall–Kier alpha value is -4.18. The molecule has 0 saturated heterocycles. The van der Waals surface area contributed by atoms with Crippen LogP contribution in [-0.2, 0) is 32.0 Å². The van der Waals surface area contributed by atoms with E-state index in [4.69, 9.17) is 5.73 Å². The summed E-state index contributed by atoms with van der Waals surface area (Å²) in [5.41, 5.74) is 8.56. The smallest absolute Gasteiger partial charge is 0.326 e. The number of nitrogens with one attached hydrogen (secondary N) is 4. The Balaban J connectivity index is 1.76. The average molecular weight is 564 g/mol. The van der Waals surface area contributed by atoms with Crippen LogP contribution in [0.4, 0.5) is 0 Å². The minimum Gasteiger partial charge on any atom is -0.480 e. The molecule has 5 unspecified atom stereocenters. The number of carboxylic acids is 1. The number of H-pyrrole nitrogens is 1. The van der Waals surface area contributed by atoms with Crippen molar-refractivity contribution in [3.05, 3.63) is 71.9 Å². The lowest BCUT2D eigenvalue weighted by Gasteiger charge is -2.27. The molecular formula is C31H41N5O5. The zero-order valence-corrected chi connectivity index (χ0v) is 24.0. The highest BCUT2D eigenvalue weighted by molar-refractivity contribution is 5.94. The van der Waals surface area contributed by atoms with E-state index in [-0.39, 0.29) is 24.7 Å². The molecule has 10 nitrogen and oxygen atoms in total. The first-order valence-corrected chi connectivity index (χ1v) is 14.0. The van der Waals surface area contributed by atoms with Gasteiger partial charge < -0.3 is 31.8 Å². The second kappa shape index (κ2) is 14.5. The van der Waals surface area contributed by atoms with Gasteiger partial charge in [0.25, 0.3) is 0 Å². The Morgan fingerprint density at radius 3 is 2.10 bits per heavy atom. The molecule has 7 N–H and O–H groups in total. The third-order valence-electron chi connectivity index (χ3n) is 7.44. The number of fused-ring (bicyclic) bond motifs is 1. The summed E-state index contributed by atoms with van der Waals surface area (Å²) in [6.07, 6.45) is 2.68. The number of aromatic amines is 1. The molecule has 3 amide bonds. The summed E-state index contributed by atoms with van der Waals surface area (Å²) < 4.78 is 0. The number of hydrogen-bond donors (Lipinski definition) is 6. The summed E-state index contributed by atoms with van der Waals surface area (Å²) in [5.74, 6) is -3.28. The normalized spacial score (nSPS) is 15.0. The average Bonchev–Trinajstić information content (AvgIpc) is 3.37. The van der Waals surface area contributed by atoms with Crippen molar-refractivity contribution in [3.63, 3.8) is 0 Å². The highest BCUT2D eigenvalue weighted by atomic mass is 16.4. The van der Waals surface area contributed by atoms with Crippen LogP contribution in [0, 0.1) is 11.8 Å². The van der Waals surface area contributed by atoms with E-state index in [0.29, 0.717) is 6.42 Å². The van der Waals surface area contributed by atoms with Crippen molar-refractivity contribution < 1.29 is 24.3 Å². The Bertz CT molecular complexity index is 1340. The van der Waals surface area contributed by atoms with E-state index in [1.54, 1.807) is 20.0 Å². The molecule has 1 heterocycles. The number of amides is 3. The topological polar surface area (TPSA) is 166 Å². The lowest BCUT2D eigenvalue weighted by molar-refractivity contribution is -0.142. The Morgan fingerprint density at radius 2 is 1.46 bits per heavy atom. The predicted molar refractivity (Wildman–Crippen MR) is 158 cm³/mol. The van der Waals surface area contributed by atoms with Crippen LogP contribution in [0.15, 0.2) is 60.8 Å². The monoisotopic (exact) mass is 563 g/mol. The quantitative estimate of drug-likeness (QED) is 0.176. The van der Waals surface area contributed by atoms with Gasteiger partial charge in [-0.15, -0.1) is 0 Å². The SMILES string of the molecule is CCC(C)C(N)C(=O)NC(Cc1ccccc1)C(=O)NC(C(=O)NC(Cc1c[nH]c2ccccc12)C(=O)O)C(C)C. The number of aliphatic carboxylic acids is 1. The maximum atomic E-state index is 13.5. The van der Waals surface area contributed by atoms with Crippen LogP contribution in [0.3, 0.4) is 0 Å². The van der Waals surface area contributed by atoms with Crippen molar-refractivity contribution in [1.29, 1.82) is 0 Å². The number of aromatic nitrogens is 1. The van der Waals surface area contributed by atoms with Crippen molar-refractivity contribution in [2.24, 2.45) is 17.6 Å². The minimum atomic E-state index is -1.21. The maximum absolute atomic E-state index is 13.5. The van der Waals surface area contributed by atoms with Gasteiger partial charge in [-0.1, -0.05) is 82.6 Å². The summed E-state index contributed by atoms with van der Waals surface area (Å²) in [4.78, 5) is 55.0. The van der Waals surface area contributed by atoms with Gasteiger partial charge in [-0.25, -0.2) is 4.79 Å². The van der Waals surface area contributed by atoms with Gasteiger partial charge in [-0.05, 0) is 29.0 Å². The molecule has 3 aromatic rings. The molecule has 0 aliphatic heterocycles. The maximum Gasteiger partial charge on any atom is 0.326 e. The summed E-state index contributed by atoms with van der Waals surface area (Å²) in [7, 11) is 0. The Labute approximate surface area is 240 Å². The first kappa shape index (κ1) is 31.3. The van der Waals surface area contributed by atoms with Crippen molar-refractivity contribution in [1.82, 2.24) is 20.9 Å². The fraction of sp³-hybridized carbons (Fsp3) is 0.419. The molecule has 0 aliphatic rings. The van der Waals surface area contributed by atoms with E-state index in [1.807, 2.05) is 68.4 Å². The third kappa shape index (κ3) is 8.40. The molecule has 0 bridgehead atoms. The molecule has 3 rings (SSSR count). The zero-order chi connectivity index (χ0) is 30.1. The van der Waals surface area contributed by atoms with Gasteiger partial charge in [-0.2, -0.15) is 0 Å². The summed E-state index contributed by atoms with van der Waals surface area (Å²) in [6, 6.07) is 12.7. The van der Waals surface area contributed by atoms with Gasteiger partial charge in [0.05, 0.1) is 6.04 Å². The van der Waals surface area contributed by atoms with E-state index in [9.17, 15) is 24.3 Å². The van der Waals surface area contributed by atoms with E-state index in [0.717, 1.165) is 22.0 Å². The number of nitrogens with two attached hydrogens (primary N) is 1. The van der Waals surface area contributed by atoms with Crippen molar-refractivity contribution in [2.75, 3.05) is 0 Å². The standard InChI is InChI=1S/C31H41N5O5/c1-5-19(4)26(32)29(38)34-24(15-20-11-7-6-8-12-20)28(37)36-27(18(2)3)30(39)35-25(31(40)41)16-21-17-33-23-14-10-9-13-22(21)23/h6-14,17-19,24-27,33H,5,15-16,32H2,1-4H3,(H,34,38)(H,35,39)(H,36,37)(H,40,41). The largest absolute Gasteiger partial charge is 0.480 e. The fourth-order valence-electron chi connectivity index (χ4n) is 4.61. The number of carbonyl (C=O) groups excluding carboxylic acids is 3. The van der Waals surface area contributed by atoms with Gasteiger partial charge in [0.2, 0.25) is 17.7 Å². The van der Waals surface area contributed by atoms with Crippen molar-refractivity contribution >= 4 is 34.6 Å². The lowest BCUT2D eigenvalue weighted by Crippen LogP contribution is -2.59. The molecule has 0 spiro atoms. The first-order chi connectivity index (χ1) is 19.5. The van der Waals surface area contributed by atoms with Gasteiger partial charge in [0, 0.05) is 29.9 Å². The van der Waals surface area contributed by atoms with Crippen LogP contribution in [0.5, 0.6) is 0 Å². The number of carbonyl (C=O) groups is 4. The number of para-hydroxylation sites is 1. The van der Waals surface area contributed by atoms with Gasteiger partial charge in [-0.3, -0.25) is 14.4 Å². The molecule has 1 aromatic heterocycles. The summed E-state index contributed by atoms with van der Waals surface area (Å²) >= 11 is 0. The van der Waals surface area contributed by atoms with E-state index in [2.05, 4.69) is 20.9 Å². The highest BCUT2D eigenvalue weighted by Crippen LogP contribution is 2.19. The van der Waals surface area contributed by atoms with Crippen LogP contribution < -0.4 is 21.7 Å². The molecule has 41 heavy (non-hydrogen) atoms. The number of hydrogen-bond acceptors (Lipinski definition) is 5. The lowest BCUT2D eigenvalue weighted by atomic mass is 9.97. The molecule has 0 fully saturated rings. The molecule has 5 atom stereocenters. The molecule has 0 radical (unpaired) electrons. The summed E-state index contributed by atoms with van der Waals surface area (Å²) in [5, 5.41) is 18.9. The highest BCUT2D eigenvalue weighted by Gasteiger charge is 2.33. The van der Waals surface area contributed by atoms with Crippen LogP contribution in [-0.4, -0.2) is 57.9 Å². The molecule has 10 heteroatoms. The Morgan fingerprint density at radius 1 is 0.829 bits per heavy atom.